The molecule has 3 aromatic rings. The summed E-state index contributed by atoms with van der Waals surface area (Å²) in [6.45, 7) is 2.55. The van der Waals surface area contributed by atoms with Gasteiger partial charge in [0.15, 0.2) is 5.65 Å². The third-order valence-electron chi connectivity index (χ3n) is 4.07. The van der Waals surface area contributed by atoms with Crippen LogP contribution in [0.2, 0.25) is 0 Å². The van der Waals surface area contributed by atoms with Crippen LogP contribution in [0.1, 0.15) is 17.9 Å². The Bertz CT molecular complexity index is 850. The van der Waals surface area contributed by atoms with Crippen molar-refractivity contribution in [1.29, 1.82) is 0 Å². The maximum atomic E-state index is 12.4. The maximum absolute atomic E-state index is 12.4. The average Bonchev–Trinajstić information content (AvgIpc) is 3.13. The summed E-state index contributed by atoms with van der Waals surface area (Å²) in [5.74, 6) is 0.868. The zero-order chi connectivity index (χ0) is 15.1. The molecular formula is C14H15N7O. The molecule has 3 aromatic heterocycles. The van der Waals surface area contributed by atoms with Gasteiger partial charge in [-0.25, -0.2) is 4.98 Å². The maximum Gasteiger partial charge on any atom is 0.229 e. The number of carbonyl (C=O) groups excluding carboxylic acids is 1. The summed E-state index contributed by atoms with van der Waals surface area (Å²) in [5, 5.41) is 18.7. The van der Waals surface area contributed by atoms with Crippen LogP contribution < -0.4 is 5.32 Å². The molecule has 1 atom stereocenters. The first-order valence-electron chi connectivity index (χ1n) is 7.19. The molecule has 4 rings (SSSR count). The molecule has 0 saturated carbocycles. The molecule has 1 aliphatic rings. The normalized spacial score (nSPS) is 17.4. The molecule has 0 bridgehead atoms. The Morgan fingerprint density at radius 3 is 3.32 bits per heavy atom. The Hall–Kier alpha value is -2.77. The van der Waals surface area contributed by atoms with Crippen molar-refractivity contribution in [2.75, 3.05) is 5.32 Å². The van der Waals surface area contributed by atoms with E-state index in [0.29, 0.717) is 17.9 Å². The summed E-state index contributed by atoms with van der Waals surface area (Å²) in [5.41, 5.74) is 2.28. The van der Waals surface area contributed by atoms with Crippen LogP contribution in [-0.4, -0.2) is 35.9 Å². The van der Waals surface area contributed by atoms with E-state index >= 15 is 0 Å². The standard InChI is InChI=1S/C14H15N7O/c1-8-11-4-10(5-15-13(11)20-18-8)17-14(22)9-2-3-12-19-16-7-21(12)6-9/h4-5,7,9H,2-3,6H2,1H3,(H,17,22)(H,15,18,20). The Kier molecular flexibility index (Phi) is 2.88. The minimum Gasteiger partial charge on any atom is -0.324 e. The van der Waals surface area contributed by atoms with Gasteiger partial charge in [0.25, 0.3) is 0 Å². The zero-order valence-corrected chi connectivity index (χ0v) is 12.1. The lowest BCUT2D eigenvalue weighted by Crippen LogP contribution is -2.31. The fraction of sp³-hybridized carbons (Fsp3) is 0.357. The predicted octanol–water partition coefficient (Wildman–Crippen LogP) is 1.06. The molecule has 0 radical (unpaired) electrons. The van der Waals surface area contributed by atoms with E-state index in [-0.39, 0.29) is 11.8 Å². The van der Waals surface area contributed by atoms with E-state index in [1.807, 2.05) is 17.6 Å². The number of aromatic nitrogens is 6. The van der Waals surface area contributed by atoms with Crippen molar-refractivity contribution in [1.82, 2.24) is 29.9 Å². The van der Waals surface area contributed by atoms with Crippen molar-refractivity contribution in [2.45, 2.75) is 26.3 Å². The van der Waals surface area contributed by atoms with Crippen LogP contribution in [0, 0.1) is 12.8 Å². The Balaban J connectivity index is 1.52. The number of hydrogen-bond acceptors (Lipinski definition) is 5. The Labute approximate surface area is 126 Å². The number of nitrogens with one attached hydrogen (secondary N) is 2. The summed E-state index contributed by atoms with van der Waals surface area (Å²) in [6, 6.07) is 1.89. The van der Waals surface area contributed by atoms with Crippen molar-refractivity contribution in [3.63, 3.8) is 0 Å². The van der Waals surface area contributed by atoms with Crippen molar-refractivity contribution < 1.29 is 4.79 Å². The molecular weight excluding hydrogens is 282 g/mol. The Morgan fingerprint density at radius 2 is 2.41 bits per heavy atom. The first-order valence-corrected chi connectivity index (χ1v) is 7.19. The van der Waals surface area contributed by atoms with E-state index in [1.165, 1.54) is 0 Å². The quantitative estimate of drug-likeness (QED) is 0.736. The number of aryl methyl sites for hydroxylation is 2. The topological polar surface area (TPSA) is 101 Å². The lowest BCUT2D eigenvalue weighted by atomic mass is 9.98. The number of amides is 1. The monoisotopic (exact) mass is 297 g/mol. The highest BCUT2D eigenvalue weighted by molar-refractivity contribution is 5.94. The molecule has 1 amide bonds. The zero-order valence-electron chi connectivity index (χ0n) is 12.1. The van der Waals surface area contributed by atoms with Gasteiger partial charge in [0.1, 0.15) is 12.2 Å². The first kappa shape index (κ1) is 12.9. The Morgan fingerprint density at radius 1 is 1.50 bits per heavy atom. The van der Waals surface area contributed by atoms with Crippen LogP contribution >= 0.6 is 0 Å². The molecule has 8 nitrogen and oxygen atoms in total. The van der Waals surface area contributed by atoms with Crippen LogP contribution in [0.25, 0.3) is 11.0 Å². The smallest absolute Gasteiger partial charge is 0.229 e. The molecule has 0 fully saturated rings. The van der Waals surface area contributed by atoms with Gasteiger partial charge in [-0.05, 0) is 19.4 Å². The molecule has 22 heavy (non-hydrogen) atoms. The lowest BCUT2D eigenvalue weighted by molar-refractivity contribution is -0.120. The van der Waals surface area contributed by atoms with Gasteiger partial charge in [-0.2, -0.15) is 5.10 Å². The number of carbonyl (C=O) groups is 1. The second-order valence-electron chi connectivity index (χ2n) is 5.57. The second-order valence-corrected chi connectivity index (χ2v) is 5.57. The van der Waals surface area contributed by atoms with Gasteiger partial charge >= 0.3 is 0 Å². The largest absolute Gasteiger partial charge is 0.324 e. The molecule has 1 aliphatic heterocycles. The fourth-order valence-electron chi connectivity index (χ4n) is 2.80. The molecule has 0 saturated heterocycles. The summed E-state index contributed by atoms with van der Waals surface area (Å²) >= 11 is 0. The van der Waals surface area contributed by atoms with Gasteiger partial charge < -0.3 is 9.88 Å². The molecule has 0 spiro atoms. The average molecular weight is 297 g/mol. The molecule has 2 N–H and O–H groups in total. The van der Waals surface area contributed by atoms with Crippen LogP contribution in [0.4, 0.5) is 5.69 Å². The van der Waals surface area contributed by atoms with Gasteiger partial charge in [0.2, 0.25) is 5.91 Å². The summed E-state index contributed by atoms with van der Waals surface area (Å²) in [4.78, 5) is 16.7. The van der Waals surface area contributed by atoms with Gasteiger partial charge in [-0.3, -0.25) is 9.89 Å². The number of fused-ring (bicyclic) bond motifs is 2. The number of rotatable bonds is 2. The van der Waals surface area contributed by atoms with Crippen molar-refractivity contribution in [2.24, 2.45) is 5.92 Å². The third-order valence-corrected chi connectivity index (χ3v) is 4.07. The SMILES string of the molecule is Cc1[nH]nc2ncc(NC(=O)C3CCc4nncn4C3)cc12. The highest BCUT2D eigenvalue weighted by atomic mass is 16.1. The van der Waals surface area contributed by atoms with Crippen LogP contribution in [0.5, 0.6) is 0 Å². The number of aromatic amines is 1. The fourth-order valence-corrected chi connectivity index (χ4v) is 2.80. The molecule has 0 aliphatic carbocycles. The number of pyridine rings is 1. The van der Waals surface area contributed by atoms with Gasteiger partial charge in [-0.1, -0.05) is 0 Å². The van der Waals surface area contributed by atoms with Gasteiger partial charge in [0, 0.05) is 24.0 Å². The molecule has 0 aromatic carbocycles. The summed E-state index contributed by atoms with van der Waals surface area (Å²) < 4.78 is 1.94. The van der Waals surface area contributed by atoms with E-state index in [0.717, 1.165) is 29.7 Å². The molecule has 112 valence electrons. The summed E-state index contributed by atoms with van der Waals surface area (Å²) in [6.07, 6.45) is 4.87. The van der Waals surface area contributed by atoms with Gasteiger partial charge in [-0.15, -0.1) is 10.2 Å². The molecule has 8 heteroatoms. The predicted molar refractivity (Wildman–Crippen MR) is 79.1 cm³/mol. The summed E-state index contributed by atoms with van der Waals surface area (Å²) in [7, 11) is 0. The lowest BCUT2D eigenvalue weighted by Gasteiger charge is -2.22. The van der Waals surface area contributed by atoms with Crippen molar-refractivity contribution in [3.05, 3.63) is 30.1 Å². The highest BCUT2D eigenvalue weighted by Crippen LogP contribution is 2.21. The van der Waals surface area contributed by atoms with Crippen molar-refractivity contribution >= 4 is 22.6 Å². The van der Waals surface area contributed by atoms with E-state index < -0.39 is 0 Å². The van der Waals surface area contributed by atoms with E-state index in [4.69, 9.17) is 0 Å². The molecule has 4 heterocycles. The number of nitrogens with zero attached hydrogens (tertiary/aromatic N) is 5. The molecule has 1 unspecified atom stereocenters. The third kappa shape index (κ3) is 2.12. The van der Waals surface area contributed by atoms with Crippen molar-refractivity contribution in [3.8, 4) is 0 Å². The second kappa shape index (κ2) is 4.90. The van der Waals surface area contributed by atoms with Crippen LogP contribution in [-0.2, 0) is 17.8 Å². The van der Waals surface area contributed by atoms with E-state index in [1.54, 1.807) is 12.5 Å². The van der Waals surface area contributed by atoms with Crippen LogP contribution in [0.3, 0.4) is 0 Å². The minimum atomic E-state index is -0.0790. The highest BCUT2D eigenvalue weighted by Gasteiger charge is 2.25. The van der Waals surface area contributed by atoms with E-state index in [2.05, 4.69) is 30.7 Å². The number of H-pyrrole nitrogens is 1. The van der Waals surface area contributed by atoms with Crippen LogP contribution in [0.15, 0.2) is 18.6 Å². The number of anilines is 1. The number of hydrogen-bond donors (Lipinski definition) is 2. The van der Waals surface area contributed by atoms with Gasteiger partial charge in [0.05, 0.1) is 17.8 Å². The van der Waals surface area contributed by atoms with E-state index in [9.17, 15) is 4.79 Å². The first-order chi connectivity index (χ1) is 10.7. The minimum absolute atomic E-state index is 0.00153.